The number of ether oxygens (including phenoxy) is 2. The van der Waals surface area contributed by atoms with Gasteiger partial charge in [0.25, 0.3) is 0 Å². The van der Waals surface area contributed by atoms with Gasteiger partial charge >= 0.3 is 0 Å². The van der Waals surface area contributed by atoms with Crippen LogP contribution in [0.3, 0.4) is 0 Å². The van der Waals surface area contributed by atoms with Crippen LogP contribution in [-0.2, 0) is 16.1 Å². The van der Waals surface area contributed by atoms with E-state index in [1.165, 1.54) is 19.1 Å². The molecule has 98 valence electrons. The molecule has 1 N–H and O–H groups in total. The van der Waals surface area contributed by atoms with Gasteiger partial charge in [-0.2, -0.15) is 0 Å². The minimum Gasteiger partial charge on any atom is -0.497 e. The summed E-state index contributed by atoms with van der Waals surface area (Å²) in [6.45, 7) is 2.01. The van der Waals surface area contributed by atoms with Crippen LogP contribution in [-0.4, -0.2) is 30.7 Å². The number of aliphatic hydroxyl groups excluding tert-OH is 1. The van der Waals surface area contributed by atoms with Crippen molar-refractivity contribution in [1.29, 1.82) is 0 Å². The summed E-state index contributed by atoms with van der Waals surface area (Å²) in [6.07, 6.45) is 2.00. The van der Waals surface area contributed by atoms with Crippen molar-refractivity contribution >= 4 is 5.78 Å². The number of methoxy groups -OCH3 is 1. The predicted molar refractivity (Wildman–Crippen MR) is 68.5 cm³/mol. The van der Waals surface area contributed by atoms with Gasteiger partial charge in [0.1, 0.15) is 5.75 Å². The molecule has 0 aromatic heterocycles. The molecule has 0 aliphatic heterocycles. The largest absolute Gasteiger partial charge is 0.497 e. The van der Waals surface area contributed by atoms with E-state index >= 15 is 0 Å². The van der Waals surface area contributed by atoms with Crippen LogP contribution in [0.4, 0.5) is 0 Å². The standard InChI is InChI=1S/C14H18O4/c1-11(15)3-6-13(16)10-18-9-12-4-7-14(17-2)8-5-12/h3-8,13,16H,9-10H2,1-2H3/b6-3+/t13-/m1/s1. The molecule has 4 nitrogen and oxygen atoms in total. The highest BCUT2D eigenvalue weighted by molar-refractivity contribution is 5.87. The summed E-state index contributed by atoms with van der Waals surface area (Å²) in [5, 5.41) is 9.47. The van der Waals surface area contributed by atoms with Crippen LogP contribution in [0.1, 0.15) is 12.5 Å². The van der Waals surface area contributed by atoms with Crippen LogP contribution in [0.15, 0.2) is 36.4 Å². The van der Waals surface area contributed by atoms with Crippen molar-refractivity contribution in [2.24, 2.45) is 0 Å². The third-order valence-corrected chi connectivity index (χ3v) is 2.27. The number of rotatable bonds is 7. The van der Waals surface area contributed by atoms with E-state index in [0.717, 1.165) is 11.3 Å². The maximum Gasteiger partial charge on any atom is 0.152 e. The van der Waals surface area contributed by atoms with E-state index in [0.29, 0.717) is 6.61 Å². The zero-order valence-corrected chi connectivity index (χ0v) is 10.6. The van der Waals surface area contributed by atoms with E-state index in [4.69, 9.17) is 9.47 Å². The van der Waals surface area contributed by atoms with Crippen molar-refractivity contribution in [2.75, 3.05) is 13.7 Å². The number of aliphatic hydroxyl groups is 1. The topological polar surface area (TPSA) is 55.8 Å². The van der Waals surface area contributed by atoms with Crippen molar-refractivity contribution in [3.05, 3.63) is 42.0 Å². The van der Waals surface area contributed by atoms with Gasteiger partial charge in [0, 0.05) is 0 Å². The van der Waals surface area contributed by atoms with Crippen molar-refractivity contribution in [2.45, 2.75) is 19.6 Å². The van der Waals surface area contributed by atoms with Crippen LogP contribution in [0.2, 0.25) is 0 Å². The molecule has 1 atom stereocenters. The maximum atomic E-state index is 10.7. The molecule has 0 fully saturated rings. The number of allylic oxidation sites excluding steroid dienone is 1. The fourth-order valence-electron chi connectivity index (χ4n) is 1.32. The second-order valence-corrected chi connectivity index (χ2v) is 3.90. The third-order valence-electron chi connectivity index (χ3n) is 2.27. The molecule has 0 bridgehead atoms. The highest BCUT2D eigenvalue weighted by atomic mass is 16.5. The second kappa shape index (κ2) is 7.63. The Labute approximate surface area is 107 Å². The number of carbonyl (C=O) groups excluding carboxylic acids is 1. The van der Waals surface area contributed by atoms with E-state index < -0.39 is 6.10 Å². The molecule has 0 aliphatic carbocycles. The van der Waals surface area contributed by atoms with E-state index in [9.17, 15) is 9.90 Å². The lowest BCUT2D eigenvalue weighted by molar-refractivity contribution is -0.112. The summed E-state index contributed by atoms with van der Waals surface area (Å²) >= 11 is 0. The molecule has 0 radical (unpaired) electrons. The Morgan fingerprint density at radius 1 is 1.39 bits per heavy atom. The fraction of sp³-hybridized carbons (Fsp3) is 0.357. The van der Waals surface area contributed by atoms with Gasteiger partial charge in [-0.1, -0.05) is 18.2 Å². The summed E-state index contributed by atoms with van der Waals surface area (Å²) < 4.78 is 10.4. The van der Waals surface area contributed by atoms with Crippen LogP contribution in [0.5, 0.6) is 5.75 Å². The first-order valence-electron chi connectivity index (χ1n) is 5.69. The number of ketones is 1. The Balaban J connectivity index is 2.30. The summed E-state index contributed by atoms with van der Waals surface area (Å²) in [6, 6.07) is 7.50. The quantitative estimate of drug-likeness (QED) is 0.749. The van der Waals surface area contributed by atoms with Crippen LogP contribution in [0.25, 0.3) is 0 Å². The SMILES string of the molecule is COc1ccc(COC[C@H](O)/C=C/C(C)=O)cc1. The molecule has 4 heteroatoms. The van der Waals surface area contributed by atoms with Crippen LogP contribution < -0.4 is 4.74 Å². The number of hydrogen-bond acceptors (Lipinski definition) is 4. The lowest BCUT2D eigenvalue weighted by atomic mass is 10.2. The Morgan fingerprint density at radius 3 is 2.61 bits per heavy atom. The van der Waals surface area contributed by atoms with Gasteiger partial charge < -0.3 is 14.6 Å². The smallest absolute Gasteiger partial charge is 0.152 e. The van der Waals surface area contributed by atoms with Gasteiger partial charge in [0.15, 0.2) is 5.78 Å². The second-order valence-electron chi connectivity index (χ2n) is 3.90. The number of benzene rings is 1. The first kappa shape index (κ1) is 14.4. The maximum absolute atomic E-state index is 10.7. The first-order valence-corrected chi connectivity index (χ1v) is 5.69. The molecular formula is C14H18O4. The molecule has 1 aromatic carbocycles. The molecule has 0 saturated carbocycles. The average Bonchev–Trinajstić information content (AvgIpc) is 2.37. The summed E-state index contributed by atoms with van der Waals surface area (Å²) in [5.41, 5.74) is 0.999. The molecule has 0 saturated heterocycles. The highest BCUT2D eigenvalue weighted by Gasteiger charge is 2.00. The van der Waals surface area contributed by atoms with Crippen LogP contribution in [0, 0.1) is 0 Å². The Hall–Kier alpha value is -1.65. The predicted octanol–water partition coefficient (Wildman–Crippen LogP) is 1.72. The van der Waals surface area contributed by atoms with Gasteiger partial charge in [0.2, 0.25) is 0 Å². The summed E-state index contributed by atoms with van der Waals surface area (Å²) in [4.78, 5) is 10.7. The Kier molecular flexibility index (Phi) is 6.11. The summed E-state index contributed by atoms with van der Waals surface area (Å²) in [5.74, 6) is 0.701. The molecule has 0 amide bonds. The van der Waals surface area contributed by atoms with Gasteiger partial charge in [-0.15, -0.1) is 0 Å². The zero-order valence-electron chi connectivity index (χ0n) is 10.6. The zero-order chi connectivity index (χ0) is 13.4. The van der Waals surface area contributed by atoms with Gasteiger partial charge in [-0.05, 0) is 30.7 Å². The first-order chi connectivity index (χ1) is 8.61. The normalized spacial score (nSPS) is 12.6. The fourth-order valence-corrected chi connectivity index (χ4v) is 1.32. The van der Waals surface area contributed by atoms with Crippen molar-refractivity contribution in [1.82, 2.24) is 0 Å². The molecule has 0 spiro atoms. The van der Waals surface area contributed by atoms with E-state index in [2.05, 4.69) is 0 Å². The molecular weight excluding hydrogens is 232 g/mol. The van der Waals surface area contributed by atoms with Gasteiger partial charge in [-0.25, -0.2) is 0 Å². The molecule has 0 aliphatic rings. The lowest BCUT2D eigenvalue weighted by Gasteiger charge is -2.07. The van der Waals surface area contributed by atoms with Crippen molar-refractivity contribution < 1.29 is 19.4 Å². The third kappa shape index (κ3) is 5.61. The molecule has 0 unspecified atom stereocenters. The molecule has 1 rings (SSSR count). The number of hydrogen-bond donors (Lipinski definition) is 1. The minimum absolute atomic E-state index is 0.0933. The van der Waals surface area contributed by atoms with Gasteiger partial charge in [-0.3, -0.25) is 4.79 Å². The monoisotopic (exact) mass is 250 g/mol. The highest BCUT2D eigenvalue weighted by Crippen LogP contribution is 2.11. The Morgan fingerprint density at radius 2 is 2.06 bits per heavy atom. The van der Waals surface area contributed by atoms with Crippen LogP contribution >= 0.6 is 0 Å². The average molecular weight is 250 g/mol. The lowest BCUT2D eigenvalue weighted by Crippen LogP contribution is -2.12. The van der Waals surface area contributed by atoms with E-state index in [1.807, 2.05) is 24.3 Å². The van der Waals surface area contributed by atoms with Gasteiger partial charge in [0.05, 0.1) is 26.4 Å². The molecule has 18 heavy (non-hydrogen) atoms. The number of carbonyl (C=O) groups is 1. The Bertz CT molecular complexity index is 395. The minimum atomic E-state index is -0.757. The molecule has 1 aromatic rings. The van der Waals surface area contributed by atoms with Crippen molar-refractivity contribution in [3.63, 3.8) is 0 Å². The van der Waals surface area contributed by atoms with E-state index in [1.54, 1.807) is 7.11 Å². The van der Waals surface area contributed by atoms with E-state index in [-0.39, 0.29) is 12.4 Å². The summed E-state index contributed by atoms with van der Waals surface area (Å²) in [7, 11) is 1.61. The van der Waals surface area contributed by atoms with Crippen molar-refractivity contribution in [3.8, 4) is 5.75 Å². The molecule has 0 heterocycles.